The van der Waals surface area contributed by atoms with Gasteiger partial charge in [-0.2, -0.15) is 0 Å². The van der Waals surface area contributed by atoms with Gasteiger partial charge in [-0.3, -0.25) is 4.79 Å². The summed E-state index contributed by atoms with van der Waals surface area (Å²) in [7, 11) is 0. The van der Waals surface area contributed by atoms with Crippen molar-refractivity contribution in [2.45, 2.75) is 13.8 Å². The van der Waals surface area contributed by atoms with Crippen molar-refractivity contribution in [1.82, 2.24) is 0 Å². The largest absolute Gasteiger partial charge is 0.507 e. The van der Waals surface area contributed by atoms with Gasteiger partial charge in [0.25, 0.3) is 5.91 Å². The first-order chi connectivity index (χ1) is 10.0. The fourth-order valence-corrected chi connectivity index (χ4v) is 1.88. The van der Waals surface area contributed by atoms with Crippen LogP contribution < -0.4 is 5.32 Å². The number of phenolic OH excluding ortho intramolecular Hbond substituents is 1. The monoisotopic (exact) mass is 284 g/mol. The van der Waals surface area contributed by atoms with Crippen LogP contribution in [0.5, 0.6) is 5.75 Å². The number of anilines is 1. The summed E-state index contributed by atoms with van der Waals surface area (Å²) in [5.41, 5.74) is 2.94. The van der Waals surface area contributed by atoms with Crippen LogP contribution in [-0.4, -0.2) is 21.9 Å². The van der Waals surface area contributed by atoms with Gasteiger partial charge < -0.3 is 15.6 Å². The topological polar surface area (TPSA) is 81.9 Å². The van der Waals surface area contributed by atoms with Gasteiger partial charge in [-0.25, -0.2) is 0 Å². The molecule has 21 heavy (non-hydrogen) atoms. The second-order valence-corrected chi connectivity index (χ2v) is 4.74. The second kappa shape index (κ2) is 6.09. The number of hydrogen-bond donors (Lipinski definition) is 3. The minimum absolute atomic E-state index is 0.0487. The Labute approximate surface area is 122 Å². The molecule has 0 saturated heterocycles. The van der Waals surface area contributed by atoms with E-state index in [0.717, 1.165) is 11.1 Å². The first-order valence-corrected chi connectivity index (χ1v) is 6.41. The third kappa shape index (κ3) is 3.39. The molecule has 2 aromatic carbocycles. The molecular formula is C16H16N2O3. The number of aromatic hydroxyl groups is 1. The highest BCUT2D eigenvalue weighted by Crippen LogP contribution is 2.20. The standard InChI is InChI=1S/C16H16N2O3/c1-10-3-8-14(15(19)9-10)16(20)17-13-6-4-12(5-7-13)11(2)18-21/h3-9,19,21H,1-2H3,(H,17,20)/b18-11+. The minimum atomic E-state index is -0.382. The summed E-state index contributed by atoms with van der Waals surface area (Å²) in [5.74, 6) is -0.430. The quantitative estimate of drug-likeness (QED) is 0.460. The molecule has 0 unspecified atom stereocenters. The van der Waals surface area contributed by atoms with Crippen molar-refractivity contribution in [3.8, 4) is 5.75 Å². The first kappa shape index (κ1) is 14.6. The average Bonchev–Trinajstić information content (AvgIpc) is 2.47. The molecule has 2 rings (SSSR count). The van der Waals surface area contributed by atoms with Gasteiger partial charge in [0, 0.05) is 5.69 Å². The Morgan fingerprint density at radius 3 is 2.38 bits per heavy atom. The molecule has 0 radical (unpaired) electrons. The summed E-state index contributed by atoms with van der Waals surface area (Å²) in [5, 5.41) is 24.3. The molecule has 5 nitrogen and oxygen atoms in total. The predicted octanol–water partition coefficient (Wildman–Crippen LogP) is 3.15. The van der Waals surface area contributed by atoms with Crippen molar-refractivity contribution in [1.29, 1.82) is 0 Å². The molecule has 0 fully saturated rings. The van der Waals surface area contributed by atoms with Crippen molar-refractivity contribution in [3.05, 3.63) is 59.2 Å². The van der Waals surface area contributed by atoms with Crippen molar-refractivity contribution in [2.24, 2.45) is 5.16 Å². The van der Waals surface area contributed by atoms with Crippen molar-refractivity contribution in [3.63, 3.8) is 0 Å². The number of amides is 1. The number of rotatable bonds is 3. The molecule has 3 N–H and O–H groups in total. The highest BCUT2D eigenvalue weighted by Gasteiger charge is 2.11. The lowest BCUT2D eigenvalue weighted by molar-refractivity contribution is 0.102. The van der Waals surface area contributed by atoms with Crippen molar-refractivity contribution >= 4 is 17.3 Å². The summed E-state index contributed by atoms with van der Waals surface area (Å²) in [6, 6.07) is 11.8. The summed E-state index contributed by atoms with van der Waals surface area (Å²) in [4.78, 5) is 12.1. The predicted molar refractivity (Wildman–Crippen MR) is 81.2 cm³/mol. The summed E-state index contributed by atoms with van der Waals surface area (Å²) < 4.78 is 0. The van der Waals surface area contributed by atoms with Crippen LogP contribution >= 0.6 is 0 Å². The van der Waals surface area contributed by atoms with Gasteiger partial charge in [0.05, 0.1) is 11.3 Å². The molecule has 0 aromatic heterocycles. The van der Waals surface area contributed by atoms with E-state index in [4.69, 9.17) is 5.21 Å². The molecule has 1 amide bonds. The van der Waals surface area contributed by atoms with E-state index in [0.29, 0.717) is 11.4 Å². The third-order valence-electron chi connectivity index (χ3n) is 3.11. The number of hydrogen-bond acceptors (Lipinski definition) is 4. The van der Waals surface area contributed by atoms with Crippen LogP contribution in [0.25, 0.3) is 0 Å². The molecule has 0 atom stereocenters. The number of aryl methyl sites for hydroxylation is 1. The molecular weight excluding hydrogens is 268 g/mol. The SMILES string of the molecule is C/C(=N\O)c1ccc(NC(=O)c2ccc(C)cc2O)cc1. The molecule has 0 saturated carbocycles. The fraction of sp³-hybridized carbons (Fsp3) is 0.125. The smallest absolute Gasteiger partial charge is 0.259 e. The lowest BCUT2D eigenvalue weighted by atomic mass is 10.1. The summed E-state index contributed by atoms with van der Waals surface area (Å²) >= 11 is 0. The van der Waals surface area contributed by atoms with Crippen LogP contribution in [0.2, 0.25) is 0 Å². The molecule has 0 heterocycles. The first-order valence-electron chi connectivity index (χ1n) is 6.41. The number of carbonyl (C=O) groups excluding carboxylic acids is 1. The molecule has 0 aliphatic heterocycles. The van der Waals surface area contributed by atoms with Gasteiger partial charge in [-0.05, 0) is 49.2 Å². The van der Waals surface area contributed by atoms with E-state index in [1.54, 1.807) is 49.4 Å². The average molecular weight is 284 g/mol. The van der Waals surface area contributed by atoms with Gasteiger partial charge in [0.15, 0.2) is 0 Å². The maximum Gasteiger partial charge on any atom is 0.259 e. The normalized spacial score (nSPS) is 11.2. The van der Waals surface area contributed by atoms with Crippen molar-refractivity contribution < 1.29 is 15.1 Å². The van der Waals surface area contributed by atoms with E-state index in [1.807, 2.05) is 6.92 Å². The second-order valence-electron chi connectivity index (χ2n) is 4.74. The Hall–Kier alpha value is -2.82. The minimum Gasteiger partial charge on any atom is -0.507 e. The van der Waals surface area contributed by atoms with Gasteiger partial charge in [0.2, 0.25) is 0 Å². The number of oxime groups is 1. The molecule has 2 aromatic rings. The van der Waals surface area contributed by atoms with Gasteiger partial charge in [0.1, 0.15) is 5.75 Å². The van der Waals surface area contributed by atoms with E-state index in [-0.39, 0.29) is 17.2 Å². The maximum absolute atomic E-state index is 12.1. The van der Waals surface area contributed by atoms with E-state index in [1.165, 1.54) is 0 Å². The zero-order valence-corrected chi connectivity index (χ0v) is 11.8. The Kier molecular flexibility index (Phi) is 4.23. The highest BCUT2D eigenvalue weighted by molar-refractivity contribution is 6.06. The molecule has 0 aliphatic carbocycles. The summed E-state index contributed by atoms with van der Waals surface area (Å²) in [6.07, 6.45) is 0. The number of carbonyl (C=O) groups is 1. The zero-order chi connectivity index (χ0) is 15.4. The molecule has 0 bridgehead atoms. The number of benzene rings is 2. The zero-order valence-electron chi connectivity index (χ0n) is 11.8. The van der Waals surface area contributed by atoms with E-state index in [2.05, 4.69) is 10.5 Å². The van der Waals surface area contributed by atoms with Gasteiger partial charge in [-0.15, -0.1) is 0 Å². The Bertz CT molecular complexity index is 691. The Morgan fingerprint density at radius 1 is 1.14 bits per heavy atom. The van der Waals surface area contributed by atoms with Crippen LogP contribution in [0.15, 0.2) is 47.6 Å². The lowest BCUT2D eigenvalue weighted by Gasteiger charge is -2.08. The van der Waals surface area contributed by atoms with E-state index >= 15 is 0 Å². The van der Waals surface area contributed by atoms with Gasteiger partial charge in [-0.1, -0.05) is 23.4 Å². The van der Waals surface area contributed by atoms with Gasteiger partial charge >= 0.3 is 0 Å². The van der Waals surface area contributed by atoms with Crippen LogP contribution in [-0.2, 0) is 0 Å². The molecule has 5 heteroatoms. The number of nitrogens with one attached hydrogen (secondary N) is 1. The molecule has 108 valence electrons. The van der Waals surface area contributed by atoms with Crippen LogP contribution in [0, 0.1) is 6.92 Å². The molecule has 0 aliphatic rings. The Balaban J connectivity index is 2.16. The fourth-order valence-electron chi connectivity index (χ4n) is 1.88. The lowest BCUT2D eigenvalue weighted by Crippen LogP contribution is -2.12. The van der Waals surface area contributed by atoms with Crippen LogP contribution in [0.1, 0.15) is 28.4 Å². The molecule has 0 spiro atoms. The highest BCUT2D eigenvalue weighted by atomic mass is 16.4. The summed E-state index contributed by atoms with van der Waals surface area (Å²) in [6.45, 7) is 3.52. The Morgan fingerprint density at radius 2 is 1.81 bits per heavy atom. The van der Waals surface area contributed by atoms with Crippen LogP contribution in [0.3, 0.4) is 0 Å². The number of phenols is 1. The van der Waals surface area contributed by atoms with E-state index < -0.39 is 0 Å². The van der Waals surface area contributed by atoms with Crippen molar-refractivity contribution in [2.75, 3.05) is 5.32 Å². The van der Waals surface area contributed by atoms with Crippen LogP contribution in [0.4, 0.5) is 5.69 Å². The third-order valence-corrected chi connectivity index (χ3v) is 3.11. The maximum atomic E-state index is 12.1. The van der Waals surface area contributed by atoms with E-state index in [9.17, 15) is 9.90 Å². The number of nitrogens with zero attached hydrogens (tertiary/aromatic N) is 1.